The SMILES string of the molecule is O=[N+]([O-])c1cc(Cl)ccc1CNc1ccccc1Cl. The van der Waals surface area contributed by atoms with Crippen molar-refractivity contribution in [2.24, 2.45) is 0 Å². The second kappa shape index (κ2) is 5.91. The fourth-order valence-electron chi connectivity index (χ4n) is 1.65. The second-order valence-electron chi connectivity index (χ2n) is 3.86. The lowest BCUT2D eigenvalue weighted by atomic mass is 10.1. The maximum Gasteiger partial charge on any atom is 0.275 e. The second-order valence-corrected chi connectivity index (χ2v) is 4.71. The van der Waals surface area contributed by atoms with Crippen LogP contribution in [0.4, 0.5) is 11.4 Å². The number of anilines is 1. The highest BCUT2D eigenvalue weighted by Crippen LogP contribution is 2.26. The van der Waals surface area contributed by atoms with E-state index in [0.29, 0.717) is 22.2 Å². The molecule has 1 N–H and O–H groups in total. The molecule has 6 heteroatoms. The highest BCUT2D eigenvalue weighted by molar-refractivity contribution is 6.33. The molecule has 0 saturated carbocycles. The van der Waals surface area contributed by atoms with Crippen LogP contribution in [0.15, 0.2) is 42.5 Å². The molecule has 0 unspecified atom stereocenters. The summed E-state index contributed by atoms with van der Waals surface area (Å²) in [6.45, 7) is 0.303. The molecule has 2 aromatic carbocycles. The maximum atomic E-state index is 10.9. The molecule has 2 rings (SSSR count). The molecule has 0 spiro atoms. The van der Waals surface area contributed by atoms with Crippen molar-refractivity contribution in [1.82, 2.24) is 0 Å². The van der Waals surface area contributed by atoms with Crippen LogP contribution < -0.4 is 5.32 Å². The van der Waals surface area contributed by atoms with Gasteiger partial charge in [-0.1, -0.05) is 35.3 Å². The number of benzene rings is 2. The van der Waals surface area contributed by atoms with Gasteiger partial charge in [0.25, 0.3) is 5.69 Å². The van der Waals surface area contributed by atoms with Gasteiger partial charge in [0.1, 0.15) is 0 Å². The number of nitrogens with zero attached hydrogens (tertiary/aromatic N) is 1. The summed E-state index contributed by atoms with van der Waals surface area (Å²) in [6, 6.07) is 11.8. The largest absolute Gasteiger partial charge is 0.379 e. The summed E-state index contributed by atoms with van der Waals surface area (Å²) in [6.07, 6.45) is 0. The summed E-state index contributed by atoms with van der Waals surface area (Å²) >= 11 is 11.8. The number of nitrogens with one attached hydrogen (secondary N) is 1. The number of hydrogen-bond acceptors (Lipinski definition) is 3. The first kappa shape index (κ1) is 13.6. The van der Waals surface area contributed by atoms with E-state index in [0.717, 1.165) is 5.69 Å². The van der Waals surface area contributed by atoms with E-state index < -0.39 is 4.92 Å². The Labute approximate surface area is 120 Å². The van der Waals surface area contributed by atoms with Crippen LogP contribution in [0.5, 0.6) is 0 Å². The minimum absolute atomic E-state index is 0.00736. The van der Waals surface area contributed by atoms with Gasteiger partial charge in [-0.25, -0.2) is 0 Å². The summed E-state index contributed by atoms with van der Waals surface area (Å²) in [5, 5.41) is 14.9. The fourth-order valence-corrected chi connectivity index (χ4v) is 2.02. The standard InChI is InChI=1S/C13H10Cl2N2O2/c14-10-6-5-9(13(7-10)17(18)19)8-16-12-4-2-1-3-11(12)15/h1-7,16H,8H2. The quantitative estimate of drug-likeness (QED) is 0.667. The van der Waals surface area contributed by atoms with Gasteiger partial charge in [0.05, 0.1) is 15.6 Å². The molecule has 0 amide bonds. The smallest absolute Gasteiger partial charge is 0.275 e. The number of nitro groups is 1. The molecular weight excluding hydrogens is 287 g/mol. The third-order valence-corrected chi connectivity index (χ3v) is 3.15. The molecule has 0 saturated heterocycles. The van der Waals surface area contributed by atoms with Crippen LogP contribution >= 0.6 is 23.2 Å². The minimum atomic E-state index is -0.449. The first-order valence-corrected chi connectivity index (χ1v) is 6.25. The molecule has 0 heterocycles. The number of hydrogen-bond donors (Lipinski definition) is 1. The van der Waals surface area contributed by atoms with Crippen LogP contribution in [0, 0.1) is 10.1 Å². The van der Waals surface area contributed by atoms with Crippen LogP contribution in [0.25, 0.3) is 0 Å². The Hall–Kier alpha value is -1.78. The van der Waals surface area contributed by atoms with Crippen LogP contribution in [0.3, 0.4) is 0 Å². The lowest BCUT2D eigenvalue weighted by molar-refractivity contribution is -0.385. The van der Waals surface area contributed by atoms with Gasteiger partial charge in [-0.3, -0.25) is 10.1 Å². The summed E-state index contributed by atoms with van der Waals surface area (Å²) < 4.78 is 0. The molecule has 0 aliphatic rings. The maximum absolute atomic E-state index is 10.9. The first-order chi connectivity index (χ1) is 9.08. The Morgan fingerprint density at radius 2 is 1.89 bits per heavy atom. The van der Waals surface area contributed by atoms with Crippen molar-refractivity contribution in [1.29, 1.82) is 0 Å². The summed E-state index contributed by atoms with van der Waals surface area (Å²) in [4.78, 5) is 10.5. The van der Waals surface area contributed by atoms with Gasteiger partial charge in [-0.2, -0.15) is 0 Å². The Balaban J connectivity index is 2.20. The van der Waals surface area contributed by atoms with E-state index in [-0.39, 0.29) is 5.69 Å². The molecule has 0 aromatic heterocycles. The Morgan fingerprint density at radius 1 is 1.16 bits per heavy atom. The van der Waals surface area contributed by atoms with Crippen LogP contribution in [-0.2, 0) is 6.54 Å². The fraction of sp³-hybridized carbons (Fsp3) is 0.0769. The number of rotatable bonds is 4. The Morgan fingerprint density at radius 3 is 2.58 bits per heavy atom. The molecule has 98 valence electrons. The number of halogens is 2. The van der Waals surface area contributed by atoms with E-state index in [4.69, 9.17) is 23.2 Å². The van der Waals surface area contributed by atoms with Gasteiger partial charge in [-0.15, -0.1) is 0 Å². The van der Waals surface area contributed by atoms with Gasteiger partial charge in [0, 0.05) is 23.2 Å². The van der Waals surface area contributed by atoms with Crippen molar-refractivity contribution in [3.8, 4) is 0 Å². The Bertz CT molecular complexity index is 617. The molecule has 0 bridgehead atoms. The van der Waals surface area contributed by atoms with E-state index in [9.17, 15) is 10.1 Å². The molecule has 0 radical (unpaired) electrons. The summed E-state index contributed by atoms with van der Waals surface area (Å²) in [5.41, 5.74) is 1.27. The first-order valence-electron chi connectivity index (χ1n) is 5.49. The van der Waals surface area contributed by atoms with E-state index in [1.54, 1.807) is 18.2 Å². The van der Waals surface area contributed by atoms with Crippen molar-refractivity contribution >= 4 is 34.6 Å². The summed E-state index contributed by atoms with van der Waals surface area (Å²) in [7, 11) is 0. The average molecular weight is 297 g/mol. The minimum Gasteiger partial charge on any atom is -0.379 e. The zero-order valence-electron chi connectivity index (χ0n) is 9.77. The van der Waals surface area contributed by atoms with Crippen molar-refractivity contribution < 1.29 is 4.92 Å². The van der Waals surface area contributed by atoms with E-state index in [1.807, 2.05) is 18.2 Å². The van der Waals surface area contributed by atoms with E-state index >= 15 is 0 Å². The van der Waals surface area contributed by atoms with Crippen molar-refractivity contribution in [2.45, 2.75) is 6.54 Å². The molecule has 2 aromatic rings. The predicted molar refractivity (Wildman–Crippen MR) is 76.9 cm³/mol. The summed E-state index contributed by atoms with van der Waals surface area (Å²) in [5.74, 6) is 0. The third kappa shape index (κ3) is 3.36. The van der Waals surface area contributed by atoms with Gasteiger partial charge in [0.2, 0.25) is 0 Å². The normalized spacial score (nSPS) is 10.2. The van der Waals surface area contributed by atoms with Crippen LogP contribution in [0.2, 0.25) is 10.0 Å². The lowest BCUT2D eigenvalue weighted by Gasteiger charge is -2.08. The highest BCUT2D eigenvalue weighted by Gasteiger charge is 2.14. The van der Waals surface area contributed by atoms with Crippen LogP contribution in [-0.4, -0.2) is 4.92 Å². The number of para-hydroxylation sites is 1. The Kier molecular flexibility index (Phi) is 4.24. The zero-order chi connectivity index (χ0) is 13.8. The van der Waals surface area contributed by atoms with Crippen molar-refractivity contribution in [3.63, 3.8) is 0 Å². The van der Waals surface area contributed by atoms with Gasteiger partial charge in [-0.05, 0) is 24.3 Å². The molecule has 0 atom stereocenters. The molecule has 0 aliphatic carbocycles. The van der Waals surface area contributed by atoms with Gasteiger partial charge < -0.3 is 5.32 Å². The number of nitro benzene ring substituents is 1. The average Bonchev–Trinajstić information content (AvgIpc) is 2.38. The topological polar surface area (TPSA) is 55.2 Å². The monoisotopic (exact) mass is 296 g/mol. The van der Waals surface area contributed by atoms with Gasteiger partial charge >= 0.3 is 0 Å². The lowest BCUT2D eigenvalue weighted by Crippen LogP contribution is -2.03. The molecular formula is C13H10Cl2N2O2. The van der Waals surface area contributed by atoms with Crippen molar-refractivity contribution in [2.75, 3.05) is 5.32 Å². The zero-order valence-corrected chi connectivity index (χ0v) is 11.3. The molecule has 0 aliphatic heterocycles. The third-order valence-electron chi connectivity index (χ3n) is 2.59. The van der Waals surface area contributed by atoms with E-state index in [2.05, 4.69) is 5.32 Å². The highest BCUT2D eigenvalue weighted by atomic mass is 35.5. The molecule has 4 nitrogen and oxygen atoms in total. The van der Waals surface area contributed by atoms with Crippen molar-refractivity contribution in [3.05, 3.63) is 68.2 Å². The van der Waals surface area contributed by atoms with Crippen LogP contribution in [0.1, 0.15) is 5.56 Å². The predicted octanol–water partition coefficient (Wildman–Crippen LogP) is 4.51. The molecule has 19 heavy (non-hydrogen) atoms. The van der Waals surface area contributed by atoms with Gasteiger partial charge in [0.15, 0.2) is 0 Å². The molecule has 0 fully saturated rings. The van der Waals surface area contributed by atoms with E-state index in [1.165, 1.54) is 6.07 Å².